The van der Waals surface area contributed by atoms with Gasteiger partial charge in [0.1, 0.15) is 6.29 Å². The fraction of sp³-hybridized carbons (Fsp3) is 0.375. The van der Waals surface area contributed by atoms with Crippen molar-refractivity contribution in [3.63, 3.8) is 0 Å². The molecule has 0 aliphatic carbocycles. The van der Waals surface area contributed by atoms with E-state index in [0.717, 1.165) is 11.8 Å². The molecule has 1 unspecified atom stereocenters. The van der Waals surface area contributed by atoms with Crippen molar-refractivity contribution in [1.82, 2.24) is 9.97 Å². The van der Waals surface area contributed by atoms with E-state index in [1.165, 1.54) is 0 Å². The van der Waals surface area contributed by atoms with E-state index in [-0.39, 0.29) is 5.92 Å². The fourth-order valence-electron chi connectivity index (χ4n) is 0.781. The molecule has 0 aliphatic heterocycles. The van der Waals surface area contributed by atoms with Crippen LogP contribution in [0.2, 0.25) is 0 Å². The molecule has 12 heavy (non-hydrogen) atoms. The zero-order valence-corrected chi connectivity index (χ0v) is 7.11. The van der Waals surface area contributed by atoms with Crippen molar-refractivity contribution < 1.29 is 4.79 Å². The highest BCUT2D eigenvalue weighted by Crippen LogP contribution is 2.10. The Hall–Kier alpha value is -1.45. The Labute approximate surface area is 71.0 Å². The van der Waals surface area contributed by atoms with Gasteiger partial charge in [0.05, 0.1) is 0 Å². The average Bonchev–Trinajstić information content (AvgIpc) is 2.17. The van der Waals surface area contributed by atoms with Gasteiger partial charge in [-0.05, 0) is 5.56 Å². The molecular weight excluding hydrogens is 154 g/mol. The molecule has 64 valence electrons. The van der Waals surface area contributed by atoms with Gasteiger partial charge in [-0.1, -0.05) is 6.92 Å². The second kappa shape index (κ2) is 3.80. The van der Waals surface area contributed by atoms with Crippen LogP contribution < -0.4 is 5.32 Å². The predicted octanol–water partition coefficient (Wildman–Crippen LogP) is 0.821. The maximum Gasteiger partial charge on any atom is 0.222 e. The number of rotatable bonds is 3. The smallest absolute Gasteiger partial charge is 0.222 e. The van der Waals surface area contributed by atoms with E-state index in [1.54, 1.807) is 19.4 Å². The largest absolute Gasteiger partial charge is 0.357 e. The average molecular weight is 165 g/mol. The number of aromatic nitrogens is 2. The third kappa shape index (κ3) is 1.78. The summed E-state index contributed by atoms with van der Waals surface area (Å²) in [5, 5.41) is 2.80. The van der Waals surface area contributed by atoms with Crippen LogP contribution in [0.3, 0.4) is 0 Å². The SMILES string of the molecule is CNc1ncc(C(C)C=O)cn1. The molecular formula is C8H11N3O. The summed E-state index contributed by atoms with van der Waals surface area (Å²) < 4.78 is 0. The van der Waals surface area contributed by atoms with Gasteiger partial charge in [0, 0.05) is 25.4 Å². The van der Waals surface area contributed by atoms with Crippen LogP contribution in [0, 0.1) is 0 Å². The maximum atomic E-state index is 10.4. The van der Waals surface area contributed by atoms with Crippen LogP contribution in [0.15, 0.2) is 12.4 Å². The van der Waals surface area contributed by atoms with Crippen LogP contribution in [0.25, 0.3) is 0 Å². The second-order valence-electron chi connectivity index (χ2n) is 2.51. The molecule has 0 aromatic carbocycles. The third-order valence-electron chi connectivity index (χ3n) is 1.63. The first kappa shape index (κ1) is 8.64. The summed E-state index contributed by atoms with van der Waals surface area (Å²) in [4.78, 5) is 18.4. The van der Waals surface area contributed by atoms with E-state index in [2.05, 4.69) is 15.3 Å². The van der Waals surface area contributed by atoms with E-state index in [9.17, 15) is 4.79 Å². The molecule has 1 aromatic heterocycles. The Morgan fingerprint density at radius 1 is 1.50 bits per heavy atom. The molecule has 1 rings (SSSR count). The minimum Gasteiger partial charge on any atom is -0.357 e. The van der Waals surface area contributed by atoms with Gasteiger partial charge in [-0.15, -0.1) is 0 Å². The lowest BCUT2D eigenvalue weighted by Gasteiger charge is -2.02. The molecule has 0 spiro atoms. The van der Waals surface area contributed by atoms with Gasteiger partial charge in [-0.3, -0.25) is 0 Å². The van der Waals surface area contributed by atoms with Crippen molar-refractivity contribution >= 4 is 12.2 Å². The van der Waals surface area contributed by atoms with Gasteiger partial charge >= 0.3 is 0 Å². The molecule has 4 heteroatoms. The monoisotopic (exact) mass is 165 g/mol. The first-order chi connectivity index (χ1) is 5.77. The fourth-order valence-corrected chi connectivity index (χ4v) is 0.781. The molecule has 0 aliphatic rings. The normalized spacial score (nSPS) is 12.2. The molecule has 4 nitrogen and oxygen atoms in total. The number of carbonyl (C=O) groups excluding carboxylic acids is 1. The lowest BCUT2D eigenvalue weighted by atomic mass is 10.1. The standard InChI is InChI=1S/C8H11N3O/c1-6(5-12)7-3-10-8(9-2)11-4-7/h3-6H,1-2H3,(H,9,10,11). The minimum atomic E-state index is -0.129. The van der Waals surface area contributed by atoms with Gasteiger partial charge in [0.15, 0.2) is 0 Å². The molecule has 0 saturated heterocycles. The number of aldehydes is 1. The van der Waals surface area contributed by atoms with Crippen molar-refractivity contribution in [2.75, 3.05) is 12.4 Å². The van der Waals surface area contributed by atoms with Crippen molar-refractivity contribution in [1.29, 1.82) is 0 Å². The Morgan fingerprint density at radius 3 is 2.50 bits per heavy atom. The van der Waals surface area contributed by atoms with Gasteiger partial charge < -0.3 is 10.1 Å². The van der Waals surface area contributed by atoms with Crippen LogP contribution in [-0.2, 0) is 4.79 Å². The van der Waals surface area contributed by atoms with Crippen molar-refractivity contribution in [2.24, 2.45) is 0 Å². The molecule has 1 heterocycles. The van der Waals surface area contributed by atoms with E-state index < -0.39 is 0 Å². The summed E-state index contributed by atoms with van der Waals surface area (Å²) in [6.07, 6.45) is 4.17. The van der Waals surface area contributed by atoms with Crippen LogP contribution >= 0.6 is 0 Å². The lowest BCUT2D eigenvalue weighted by molar-refractivity contribution is -0.108. The topological polar surface area (TPSA) is 54.9 Å². The summed E-state index contributed by atoms with van der Waals surface area (Å²) in [5.41, 5.74) is 0.837. The summed E-state index contributed by atoms with van der Waals surface area (Å²) in [7, 11) is 1.75. The van der Waals surface area contributed by atoms with E-state index in [4.69, 9.17) is 0 Å². The molecule has 1 aromatic rings. The molecule has 1 N–H and O–H groups in total. The molecule has 0 amide bonds. The van der Waals surface area contributed by atoms with Gasteiger partial charge in [0.25, 0.3) is 0 Å². The number of nitrogens with zero attached hydrogens (tertiary/aromatic N) is 2. The van der Waals surface area contributed by atoms with Gasteiger partial charge in [-0.2, -0.15) is 0 Å². The Kier molecular flexibility index (Phi) is 2.74. The highest BCUT2D eigenvalue weighted by atomic mass is 16.1. The molecule has 1 atom stereocenters. The second-order valence-corrected chi connectivity index (χ2v) is 2.51. The molecule has 0 saturated carbocycles. The van der Waals surface area contributed by atoms with E-state index in [0.29, 0.717) is 5.95 Å². The number of carbonyl (C=O) groups is 1. The first-order valence-electron chi connectivity index (χ1n) is 3.73. The van der Waals surface area contributed by atoms with Crippen LogP contribution in [0.1, 0.15) is 18.4 Å². The van der Waals surface area contributed by atoms with Crippen LogP contribution in [-0.4, -0.2) is 23.3 Å². The summed E-state index contributed by atoms with van der Waals surface area (Å²) in [6, 6.07) is 0. The molecule has 0 bridgehead atoms. The zero-order chi connectivity index (χ0) is 8.97. The quantitative estimate of drug-likeness (QED) is 0.674. The lowest BCUT2D eigenvalue weighted by Crippen LogP contribution is -2.00. The van der Waals surface area contributed by atoms with Gasteiger partial charge in [0.2, 0.25) is 5.95 Å². The zero-order valence-electron chi connectivity index (χ0n) is 7.11. The summed E-state index contributed by atoms with van der Waals surface area (Å²) in [5.74, 6) is 0.438. The number of anilines is 1. The van der Waals surface area contributed by atoms with Crippen LogP contribution in [0.4, 0.5) is 5.95 Å². The molecule has 0 radical (unpaired) electrons. The number of hydrogen-bond donors (Lipinski definition) is 1. The van der Waals surface area contributed by atoms with Crippen molar-refractivity contribution in [2.45, 2.75) is 12.8 Å². The van der Waals surface area contributed by atoms with Crippen LogP contribution in [0.5, 0.6) is 0 Å². The third-order valence-corrected chi connectivity index (χ3v) is 1.63. The Bertz CT molecular complexity index is 258. The maximum absolute atomic E-state index is 10.4. The Morgan fingerprint density at radius 2 is 2.08 bits per heavy atom. The molecule has 0 fully saturated rings. The van der Waals surface area contributed by atoms with E-state index >= 15 is 0 Å². The van der Waals surface area contributed by atoms with Crippen molar-refractivity contribution in [3.05, 3.63) is 18.0 Å². The first-order valence-corrected chi connectivity index (χ1v) is 3.73. The van der Waals surface area contributed by atoms with E-state index in [1.807, 2.05) is 6.92 Å². The highest BCUT2D eigenvalue weighted by molar-refractivity contribution is 5.60. The Balaban J connectivity index is 2.84. The predicted molar refractivity (Wildman–Crippen MR) is 46.1 cm³/mol. The summed E-state index contributed by atoms with van der Waals surface area (Å²) >= 11 is 0. The number of nitrogens with one attached hydrogen (secondary N) is 1. The summed E-state index contributed by atoms with van der Waals surface area (Å²) in [6.45, 7) is 1.81. The minimum absolute atomic E-state index is 0.129. The van der Waals surface area contributed by atoms with Crippen molar-refractivity contribution in [3.8, 4) is 0 Å². The highest BCUT2D eigenvalue weighted by Gasteiger charge is 2.03. The number of hydrogen-bond acceptors (Lipinski definition) is 4. The van der Waals surface area contributed by atoms with Gasteiger partial charge in [-0.25, -0.2) is 9.97 Å².